The number of ether oxygens (including phenoxy) is 2. The molecule has 0 radical (unpaired) electrons. The van der Waals surface area contributed by atoms with Crippen LogP contribution in [0.4, 0.5) is 0 Å². The van der Waals surface area contributed by atoms with Crippen LogP contribution in [-0.4, -0.2) is 28.3 Å². The fraction of sp³-hybridized carbons (Fsp3) is 0.185. The lowest BCUT2D eigenvalue weighted by Gasteiger charge is -2.07. The first-order chi connectivity index (χ1) is 17.1. The van der Waals surface area contributed by atoms with Crippen LogP contribution in [0.2, 0.25) is 0 Å². The Kier molecular flexibility index (Phi) is 7.85. The fourth-order valence-corrected chi connectivity index (χ4v) is 3.18. The second-order valence-electron chi connectivity index (χ2n) is 7.50. The third-order valence-corrected chi connectivity index (χ3v) is 5.00. The molecule has 178 valence electrons. The van der Waals surface area contributed by atoms with Crippen molar-refractivity contribution in [3.63, 3.8) is 0 Å². The zero-order valence-corrected chi connectivity index (χ0v) is 19.5. The molecule has 0 spiro atoms. The summed E-state index contributed by atoms with van der Waals surface area (Å²) < 4.78 is 16.7. The van der Waals surface area contributed by atoms with Crippen LogP contribution in [0, 0.1) is 6.92 Å². The van der Waals surface area contributed by atoms with E-state index in [0.29, 0.717) is 17.2 Å². The first-order valence-electron chi connectivity index (χ1n) is 11.1. The summed E-state index contributed by atoms with van der Waals surface area (Å²) in [5.41, 5.74) is 3.11. The van der Waals surface area contributed by atoms with Crippen LogP contribution < -0.4 is 4.74 Å². The Bertz CT molecular complexity index is 1270. The van der Waals surface area contributed by atoms with Crippen LogP contribution in [0.15, 0.2) is 88.7 Å². The highest BCUT2D eigenvalue weighted by Crippen LogP contribution is 2.23. The maximum atomic E-state index is 12.2. The van der Waals surface area contributed by atoms with E-state index in [-0.39, 0.29) is 25.5 Å². The van der Waals surface area contributed by atoms with Gasteiger partial charge in [0.2, 0.25) is 5.89 Å². The van der Waals surface area contributed by atoms with Gasteiger partial charge in [-0.05, 0) is 55.8 Å². The van der Waals surface area contributed by atoms with E-state index in [2.05, 4.69) is 15.1 Å². The Morgan fingerprint density at radius 3 is 2.51 bits per heavy atom. The maximum Gasteiger partial charge on any atom is 0.361 e. The van der Waals surface area contributed by atoms with Crippen LogP contribution in [0.5, 0.6) is 5.75 Å². The zero-order valence-electron chi connectivity index (χ0n) is 19.5. The second-order valence-corrected chi connectivity index (χ2v) is 7.50. The number of hydrogen-bond donors (Lipinski definition) is 0. The smallest absolute Gasteiger partial charge is 0.361 e. The summed E-state index contributed by atoms with van der Waals surface area (Å²) in [6.07, 6.45) is 3.15. The van der Waals surface area contributed by atoms with Crippen molar-refractivity contribution >= 4 is 11.7 Å². The van der Waals surface area contributed by atoms with Gasteiger partial charge in [-0.15, -0.1) is 0 Å². The minimum absolute atomic E-state index is 0.0674. The molecule has 0 fully saturated rings. The van der Waals surface area contributed by atoms with Crippen molar-refractivity contribution in [1.82, 2.24) is 9.97 Å². The lowest BCUT2D eigenvalue weighted by molar-refractivity contribution is -0.135. The average molecular weight is 472 g/mol. The summed E-state index contributed by atoms with van der Waals surface area (Å²) in [6.45, 7) is 4.30. The van der Waals surface area contributed by atoms with Crippen LogP contribution in [0.25, 0.3) is 11.5 Å². The lowest BCUT2D eigenvalue weighted by atomic mass is 10.2. The number of benzene rings is 2. The van der Waals surface area contributed by atoms with Gasteiger partial charge in [0.05, 0.1) is 6.61 Å². The molecule has 2 heterocycles. The van der Waals surface area contributed by atoms with Gasteiger partial charge < -0.3 is 18.7 Å². The van der Waals surface area contributed by atoms with E-state index in [4.69, 9.17) is 18.7 Å². The van der Waals surface area contributed by atoms with Gasteiger partial charge in [-0.3, -0.25) is 4.98 Å². The molecule has 0 atom stereocenters. The number of aryl methyl sites for hydroxylation is 1. The molecule has 0 aliphatic carbocycles. The number of hydrogen-bond acceptors (Lipinski definition) is 8. The summed E-state index contributed by atoms with van der Waals surface area (Å²) in [5, 5.41) is 4.00. The molecule has 0 unspecified atom stereocenters. The molecular weight excluding hydrogens is 446 g/mol. The van der Waals surface area contributed by atoms with Gasteiger partial charge in [0.15, 0.2) is 5.71 Å². The standard InChI is InChI=1S/C27H25N3O5/c1-3-32-27(31)25(22-10-7-15-28-16-22)30-34-17-20-11-13-23(14-12-20)33-18-24-19(2)35-26(29-24)21-8-5-4-6-9-21/h4-16H,3,17-18H2,1-2H3/b30-25-. The van der Waals surface area contributed by atoms with Crippen LogP contribution in [0.3, 0.4) is 0 Å². The lowest BCUT2D eigenvalue weighted by Crippen LogP contribution is -2.19. The summed E-state index contributed by atoms with van der Waals surface area (Å²) in [4.78, 5) is 26.2. The number of esters is 1. The molecule has 0 N–H and O–H groups in total. The normalized spacial score (nSPS) is 11.2. The molecule has 0 saturated heterocycles. The molecule has 8 heteroatoms. The molecule has 2 aromatic carbocycles. The number of aromatic nitrogens is 2. The van der Waals surface area contributed by atoms with Gasteiger partial charge in [-0.25, -0.2) is 9.78 Å². The second kappa shape index (κ2) is 11.6. The SMILES string of the molecule is CCOC(=O)/C(=N\OCc1ccc(OCc2nc(-c3ccccc3)oc2C)cc1)c1cccnc1. The Morgan fingerprint density at radius 1 is 1.00 bits per heavy atom. The monoisotopic (exact) mass is 471 g/mol. The van der Waals surface area contributed by atoms with Gasteiger partial charge in [-0.2, -0.15) is 0 Å². The van der Waals surface area contributed by atoms with Gasteiger partial charge in [0.25, 0.3) is 0 Å². The number of pyridine rings is 1. The largest absolute Gasteiger partial charge is 0.487 e. The molecule has 2 aromatic heterocycles. The highest BCUT2D eigenvalue weighted by molar-refractivity contribution is 6.43. The van der Waals surface area contributed by atoms with E-state index >= 15 is 0 Å². The molecule has 4 rings (SSSR count). The third kappa shape index (κ3) is 6.32. The van der Waals surface area contributed by atoms with Crippen LogP contribution in [0.1, 0.15) is 29.5 Å². The molecule has 0 aliphatic rings. The Hall–Kier alpha value is -4.46. The molecule has 4 aromatic rings. The van der Waals surface area contributed by atoms with Crippen molar-refractivity contribution in [1.29, 1.82) is 0 Å². The number of oxazole rings is 1. The van der Waals surface area contributed by atoms with Crippen LogP contribution >= 0.6 is 0 Å². The van der Waals surface area contributed by atoms with E-state index in [1.54, 1.807) is 25.3 Å². The minimum Gasteiger partial charge on any atom is -0.487 e. The number of carbonyl (C=O) groups excluding carboxylic acids is 1. The number of nitrogens with zero attached hydrogens (tertiary/aromatic N) is 3. The summed E-state index contributed by atoms with van der Waals surface area (Å²) >= 11 is 0. The van der Waals surface area contributed by atoms with E-state index in [1.807, 2.05) is 61.5 Å². The predicted octanol–water partition coefficient (Wildman–Crippen LogP) is 5.11. The van der Waals surface area contributed by atoms with Gasteiger partial charge in [0, 0.05) is 23.5 Å². The average Bonchev–Trinajstić information content (AvgIpc) is 3.27. The van der Waals surface area contributed by atoms with Crippen molar-refractivity contribution in [3.8, 4) is 17.2 Å². The van der Waals surface area contributed by atoms with Gasteiger partial charge in [0.1, 0.15) is 30.4 Å². The molecule has 8 nitrogen and oxygen atoms in total. The molecular formula is C27H25N3O5. The quantitative estimate of drug-likeness (QED) is 0.180. The number of rotatable bonds is 10. The third-order valence-electron chi connectivity index (χ3n) is 5.00. The maximum absolute atomic E-state index is 12.2. The summed E-state index contributed by atoms with van der Waals surface area (Å²) in [5.74, 6) is 1.41. The Labute approximate surface area is 203 Å². The van der Waals surface area contributed by atoms with Crippen molar-refractivity contribution in [2.45, 2.75) is 27.1 Å². The van der Waals surface area contributed by atoms with E-state index in [1.165, 1.54) is 6.20 Å². The number of oxime groups is 1. The van der Waals surface area contributed by atoms with Gasteiger partial charge in [-0.1, -0.05) is 35.5 Å². The van der Waals surface area contributed by atoms with Gasteiger partial charge >= 0.3 is 5.97 Å². The number of carbonyl (C=O) groups is 1. The predicted molar refractivity (Wildman–Crippen MR) is 130 cm³/mol. The molecule has 0 bridgehead atoms. The van der Waals surface area contributed by atoms with E-state index in [9.17, 15) is 4.79 Å². The molecule has 0 aliphatic heterocycles. The molecule has 0 amide bonds. The van der Waals surface area contributed by atoms with Crippen molar-refractivity contribution in [2.75, 3.05) is 6.61 Å². The topological polar surface area (TPSA) is 96.0 Å². The van der Waals surface area contributed by atoms with Crippen molar-refractivity contribution < 1.29 is 23.5 Å². The first kappa shape index (κ1) is 23.7. The highest BCUT2D eigenvalue weighted by Gasteiger charge is 2.17. The zero-order chi connectivity index (χ0) is 24.5. The molecule has 35 heavy (non-hydrogen) atoms. The van der Waals surface area contributed by atoms with E-state index in [0.717, 1.165) is 22.6 Å². The summed E-state index contributed by atoms with van der Waals surface area (Å²) in [7, 11) is 0. The summed E-state index contributed by atoms with van der Waals surface area (Å²) in [6, 6.07) is 20.6. The van der Waals surface area contributed by atoms with Crippen molar-refractivity contribution in [2.24, 2.45) is 5.16 Å². The molecule has 0 saturated carbocycles. The Morgan fingerprint density at radius 2 is 1.80 bits per heavy atom. The minimum atomic E-state index is -0.567. The van der Waals surface area contributed by atoms with Crippen LogP contribution in [-0.2, 0) is 27.6 Å². The fourth-order valence-electron chi connectivity index (χ4n) is 3.18. The van der Waals surface area contributed by atoms with Crippen molar-refractivity contribution in [3.05, 3.63) is 102 Å². The van der Waals surface area contributed by atoms with E-state index < -0.39 is 5.97 Å². The first-order valence-corrected chi connectivity index (χ1v) is 11.1. The highest BCUT2D eigenvalue weighted by atomic mass is 16.6. The Balaban J connectivity index is 1.34.